The van der Waals surface area contributed by atoms with E-state index in [1.807, 2.05) is 17.9 Å². The lowest BCUT2D eigenvalue weighted by molar-refractivity contribution is 0.0291. The maximum atomic E-state index is 13.8. The number of amides is 2. The molecule has 0 unspecified atom stereocenters. The topological polar surface area (TPSA) is 44.8 Å². The molecule has 5 nitrogen and oxygen atoms in total. The monoisotopic (exact) mass is 349 g/mol. The van der Waals surface area contributed by atoms with Gasteiger partial charge in [0.2, 0.25) is 0 Å². The third kappa shape index (κ3) is 4.50. The van der Waals surface area contributed by atoms with Crippen molar-refractivity contribution >= 4 is 6.03 Å². The van der Waals surface area contributed by atoms with Crippen LogP contribution in [0, 0.1) is 12.7 Å². The lowest BCUT2D eigenvalue weighted by Crippen LogP contribution is -2.49. The molecule has 0 radical (unpaired) electrons. The average Bonchev–Trinajstić information content (AvgIpc) is 3.06. The fourth-order valence-electron chi connectivity index (χ4n) is 3.60. The predicted molar refractivity (Wildman–Crippen MR) is 95.1 cm³/mol. The molecule has 6 heteroatoms. The number of carbonyl (C=O) groups excluding carboxylic acids is 1. The minimum atomic E-state index is -0.232. The van der Waals surface area contributed by atoms with Crippen LogP contribution < -0.4 is 5.32 Å². The molecule has 0 saturated carbocycles. The molecule has 0 aliphatic carbocycles. The number of benzene rings is 1. The molecule has 25 heavy (non-hydrogen) atoms. The summed E-state index contributed by atoms with van der Waals surface area (Å²) in [6.07, 6.45) is 2.08. The predicted octanol–water partition coefficient (Wildman–Crippen LogP) is 2.70. The van der Waals surface area contributed by atoms with Crippen molar-refractivity contribution in [2.75, 3.05) is 39.4 Å². The van der Waals surface area contributed by atoms with E-state index in [1.165, 1.54) is 6.07 Å². The van der Waals surface area contributed by atoms with Gasteiger partial charge < -0.3 is 15.0 Å². The zero-order chi connectivity index (χ0) is 17.8. The highest BCUT2D eigenvalue weighted by molar-refractivity contribution is 5.75. The van der Waals surface area contributed by atoms with Crippen LogP contribution in [0.2, 0.25) is 0 Å². The van der Waals surface area contributed by atoms with Crippen LogP contribution in [-0.2, 0) is 4.74 Å². The second-order valence-corrected chi connectivity index (χ2v) is 7.08. The maximum Gasteiger partial charge on any atom is 0.318 e. The Labute approximate surface area is 149 Å². The summed E-state index contributed by atoms with van der Waals surface area (Å²) in [6, 6.07) is 5.12. The van der Waals surface area contributed by atoms with Gasteiger partial charge in [-0.2, -0.15) is 0 Å². The Morgan fingerprint density at radius 3 is 2.84 bits per heavy atom. The highest BCUT2D eigenvalue weighted by Gasteiger charge is 2.31. The first kappa shape index (κ1) is 18.1. The van der Waals surface area contributed by atoms with E-state index in [9.17, 15) is 9.18 Å². The van der Waals surface area contributed by atoms with Crippen molar-refractivity contribution in [2.24, 2.45) is 0 Å². The molecule has 2 aliphatic rings. The van der Waals surface area contributed by atoms with Gasteiger partial charge in [-0.25, -0.2) is 9.18 Å². The van der Waals surface area contributed by atoms with E-state index in [4.69, 9.17) is 4.74 Å². The Balaban J connectivity index is 1.58. The number of halogens is 1. The summed E-state index contributed by atoms with van der Waals surface area (Å²) >= 11 is 0. The number of hydrogen-bond donors (Lipinski definition) is 1. The summed E-state index contributed by atoms with van der Waals surface area (Å²) in [6.45, 7) is 8.75. The molecule has 2 atom stereocenters. The van der Waals surface area contributed by atoms with Crippen LogP contribution in [0.1, 0.15) is 36.9 Å². The van der Waals surface area contributed by atoms with Gasteiger partial charge in [-0.05, 0) is 43.9 Å². The SMILES string of the molecule is Cc1ccc([C@@H](C)NC(=O)N2CCC[C@H]2CN2CCOCC2)cc1F. The number of morpholine rings is 1. The van der Waals surface area contributed by atoms with E-state index in [-0.39, 0.29) is 23.9 Å². The molecule has 0 spiro atoms. The number of hydrogen-bond acceptors (Lipinski definition) is 3. The second kappa shape index (κ2) is 8.15. The molecule has 138 valence electrons. The highest BCUT2D eigenvalue weighted by Crippen LogP contribution is 2.21. The Morgan fingerprint density at radius 1 is 1.36 bits per heavy atom. The summed E-state index contributed by atoms with van der Waals surface area (Å²) in [7, 11) is 0. The van der Waals surface area contributed by atoms with Gasteiger partial charge in [-0.15, -0.1) is 0 Å². The fourth-order valence-corrected chi connectivity index (χ4v) is 3.60. The zero-order valence-corrected chi connectivity index (χ0v) is 15.1. The van der Waals surface area contributed by atoms with E-state index in [0.717, 1.165) is 57.8 Å². The van der Waals surface area contributed by atoms with Crippen LogP contribution in [0.5, 0.6) is 0 Å². The third-order valence-electron chi connectivity index (χ3n) is 5.25. The van der Waals surface area contributed by atoms with Gasteiger partial charge in [-0.1, -0.05) is 12.1 Å². The van der Waals surface area contributed by atoms with Crippen LogP contribution in [0.25, 0.3) is 0 Å². The Morgan fingerprint density at radius 2 is 2.12 bits per heavy atom. The van der Waals surface area contributed by atoms with Gasteiger partial charge in [0.15, 0.2) is 0 Å². The molecule has 0 bridgehead atoms. The number of nitrogens with zero attached hydrogens (tertiary/aromatic N) is 2. The quantitative estimate of drug-likeness (QED) is 0.909. The van der Waals surface area contributed by atoms with Gasteiger partial charge in [0, 0.05) is 32.2 Å². The smallest absolute Gasteiger partial charge is 0.318 e. The molecule has 0 aromatic heterocycles. The van der Waals surface area contributed by atoms with E-state index in [1.54, 1.807) is 13.0 Å². The Bertz CT molecular complexity index is 604. The number of carbonyl (C=O) groups is 1. The molecule has 2 aliphatic heterocycles. The Kier molecular flexibility index (Phi) is 5.91. The number of likely N-dealkylation sites (tertiary alicyclic amines) is 1. The van der Waals surface area contributed by atoms with Crippen molar-refractivity contribution in [2.45, 2.75) is 38.8 Å². The highest BCUT2D eigenvalue weighted by atomic mass is 19.1. The normalized spacial score (nSPS) is 22.8. The van der Waals surface area contributed by atoms with Crippen molar-refractivity contribution in [3.8, 4) is 0 Å². The molecular formula is C19H28FN3O2. The third-order valence-corrected chi connectivity index (χ3v) is 5.25. The molecule has 3 rings (SSSR count). The van der Waals surface area contributed by atoms with Crippen LogP contribution >= 0.6 is 0 Å². The summed E-state index contributed by atoms with van der Waals surface area (Å²) in [5, 5.41) is 3.03. The molecule has 1 aromatic carbocycles. The second-order valence-electron chi connectivity index (χ2n) is 7.08. The molecule has 1 aromatic rings. The van der Waals surface area contributed by atoms with Gasteiger partial charge in [0.1, 0.15) is 5.82 Å². The van der Waals surface area contributed by atoms with Crippen LogP contribution in [0.3, 0.4) is 0 Å². The molecular weight excluding hydrogens is 321 g/mol. The molecule has 2 fully saturated rings. The zero-order valence-electron chi connectivity index (χ0n) is 15.1. The standard InChI is InChI=1S/C19H28FN3O2/c1-14-5-6-16(12-18(14)20)15(2)21-19(24)23-7-3-4-17(23)13-22-8-10-25-11-9-22/h5-6,12,15,17H,3-4,7-11,13H2,1-2H3,(H,21,24)/t15-,17+/m1/s1. The summed E-state index contributed by atoms with van der Waals surface area (Å²) in [5.74, 6) is -0.232. The minimum Gasteiger partial charge on any atom is -0.379 e. The van der Waals surface area contributed by atoms with Gasteiger partial charge in [-0.3, -0.25) is 4.90 Å². The maximum absolute atomic E-state index is 13.8. The number of rotatable bonds is 4. The molecule has 2 saturated heterocycles. The average molecular weight is 349 g/mol. The van der Waals surface area contributed by atoms with Crippen molar-refractivity contribution in [1.82, 2.24) is 15.1 Å². The summed E-state index contributed by atoms with van der Waals surface area (Å²) in [4.78, 5) is 17.0. The molecule has 2 heterocycles. The van der Waals surface area contributed by atoms with Crippen molar-refractivity contribution in [1.29, 1.82) is 0 Å². The van der Waals surface area contributed by atoms with Crippen LogP contribution in [0.4, 0.5) is 9.18 Å². The van der Waals surface area contributed by atoms with E-state index in [0.29, 0.717) is 5.56 Å². The number of nitrogens with one attached hydrogen (secondary N) is 1. The number of urea groups is 1. The van der Waals surface area contributed by atoms with E-state index < -0.39 is 0 Å². The number of ether oxygens (including phenoxy) is 1. The lowest BCUT2D eigenvalue weighted by Gasteiger charge is -2.33. The summed E-state index contributed by atoms with van der Waals surface area (Å²) in [5.41, 5.74) is 1.41. The number of aryl methyl sites for hydroxylation is 1. The first-order valence-corrected chi connectivity index (χ1v) is 9.18. The first-order chi connectivity index (χ1) is 12.0. The largest absolute Gasteiger partial charge is 0.379 e. The minimum absolute atomic E-state index is 0.0516. The first-order valence-electron chi connectivity index (χ1n) is 9.18. The van der Waals surface area contributed by atoms with Gasteiger partial charge in [0.25, 0.3) is 0 Å². The van der Waals surface area contributed by atoms with Crippen molar-refractivity contribution in [3.63, 3.8) is 0 Å². The molecule has 1 N–H and O–H groups in total. The lowest BCUT2D eigenvalue weighted by atomic mass is 10.1. The van der Waals surface area contributed by atoms with E-state index in [2.05, 4.69) is 10.2 Å². The Hall–Kier alpha value is -1.66. The fraction of sp³-hybridized carbons (Fsp3) is 0.632. The molecule has 2 amide bonds. The van der Waals surface area contributed by atoms with Crippen molar-refractivity contribution in [3.05, 3.63) is 35.1 Å². The van der Waals surface area contributed by atoms with Crippen molar-refractivity contribution < 1.29 is 13.9 Å². The summed E-state index contributed by atoms with van der Waals surface area (Å²) < 4.78 is 19.2. The van der Waals surface area contributed by atoms with Gasteiger partial charge >= 0.3 is 6.03 Å². The van der Waals surface area contributed by atoms with Crippen LogP contribution in [0.15, 0.2) is 18.2 Å². The van der Waals surface area contributed by atoms with Crippen LogP contribution in [-0.4, -0.2) is 61.3 Å². The van der Waals surface area contributed by atoms with Gasteiger partial charge in [0.05, 0.1) is 19.3 Å². The van der Waals surface area contributed by atoms with E-state index >= 15 is 0 Å².